The number of aromatic nitrogens is 1. The fourth-order valence-electron chi connectivity index (χ4n) is 3.58. The summed E-state index contributed by atoms with van der Waals surface area (Å²) in [5, 5.41) is 4.17. The molecule has 0 spiro atoms. The third-order valence-electron chi connectivity index (χ3n) is 4.99. The Kier molecular flexibility index (Phi) is 7.58. The summed E-state index contributed by atoms with van der Waals surface area (Å²) < 4.78 is 7.37. The van der Waals surface area contributed by atoms with Crippen LogP contribution in [0.5, 0.6) is 5.75 Å². The standard InChI is InChI=1S/C25H29N3O2S/c1-17-10-18(2)12-23(11-17)28-19(3)13-22(20(28)4)14-26-27-25(29)16-31-15-21-6-8-24(30-5)9-7-21/h6-14H,15-16H2,1-5H3,(H,27,29)/b26-14+. The predicted molar refractivity (Wildman–Crippen MR) is 130 cm³/mol. The largest absolute Gasteiger partial charge is 0.497 e. The average Bonchev–Trinajstić information content (AvgIpc) is 3.01. The van der Waals surface area contributed by atoms with E-state index in [1.54, 1.807) is 25.1 Å². The van der Waals surface area contributed by atoms with E-state index < -0.39 is 0 Å². The fraction of sp³-hybridized carbons (Fsp3) is 0.280. The Labute approximate surface area is 188 Å². The van der Waals surface area contributed by atoms with Gasteiger partial charge < -0.3 is 9.30 Å². The number of amides is 1. The maximum atomic E-state index is 12.1. The molecule has 0 saturated heterocycles. The van der Waals surface area contributed by atoms with Crippen LogP contribution < -0.4 is 10.2 Å². The zero-order valence-corrected chi connectivity index (χ0v) is 19.5. The van der Waals surface area contributed by atoms with Crippen molar-refractivity contribution in [2.75, 3.05) is 12.9 Å². The topological polar surface area (TPSA) is 55.6 Å². The molecule has 2 aromatic carbocycles. The SMILES string of the molecule is COc1ccc(CSCC(=O)N/N=C/c2cc(C)n(-c3cc(C)cc(C)c3)c2C)cc1. The highest BCUT2D eigenvalue weighted by Crippen LogP contribution is 2.22. The van der Waals surface area contributed by atoms with Crippen molar-refractivity contribution in [1.29, 1.82) is 0 Å². The van der Waals surface area contributed by atoms with Crippen LogP contribution in [0.3, 0.4) is 0 Å². The van der Waals surface area contributed by atoms with Crippen LogP contribution in [0.1, 0.15) is 33.6 Å². The van der Waals surface area contributed by atoms with Gasteiger partial charge in [-0.2, -0.15) is 5.10 Å². The van der Waals surface area contributed by atoms with Crippen LogP contribution >= 0.6 is 11.8 Å². The van der Waals surface area contributed by atoms with Gasteiger partial charge in [-0.1, -0.05) is 18.2 Å². The maximum absolute atomic E-state index is 12.1. The van der Waals surface area contributed by atoms with E-state index in [2.05, 4.69) is 67.1 Å². The van der Waals surface area contributed by atoms with Gasteiger partial charge in [0.2, 0.25) is 5.91 Å². The minimum absolute atomic E-state index is 0.113. The Bertz CT molecular complexity index is 1060. The van der Waals surface area contributed by atoms with Crippen LogP contribution in [0.2, 0.25) is 0 Å². The van der Waals surface area contributed by atoms with Gasteiger partial charge in [0, 0.05) is 28.4 Å². The number of hydrazone groups is 1. The van der Waals surface area contributed by atoms with Gasteiger partial charge >= 0.3 is 0 Å². The highest BCUT2D eigenvalue weighted by atomic mass is 32.2. The molecule has 0 unspecified atom stereocenters. The molecule has 0 aliphatic heterocycles. The van der Waals surface area contributed by atoms with Crippen LogP contribution in [-0.2, 0) is 10.5 Å². The van der Waals surface area contributed by atoms with Crippen molar-refractivity contribution in [3.05, 3.63) is 82.2 Å². The number of carbonyl (C=O) groups excluding carboxylic acids is 1. The molecular formula is C25H29N3O2S. The third kappa shape index (κ3) is 6.01. The smallest absolute Gasteiger partial charge is 0.250 e. The lowest BCUT2D eigenvalue weighted by Gasteiger charge is -2.11. The van der Waals surface area contributed by atoms with Gasteiger partial charge in [-0.25, -0.2) is 5.43 Å². The van der Waals surface area contributed by atoms with Crippen molar-refractivity contribution >= 4 is 23.9 Å². The second-order valence-electron chi connectivity index (χ2n) is 7.64. The summed E-state index contributed by atoms with van der Waals surface area (Å²) in [4.78, 5) is 12.1. The van der Waals surface area contributed by atoms with Gasteiger partial charge in [-0.3, -0.25) is 4.79 Å². The normalized spacial score (nSPS) is 11.1. The summed E-state index contributed by atoms with van der Waals surface area (Å²) in [5.74, 6) is 1.83. The molecule has 0 bridgehead atoms. The molecule has 0 fully saturated rings. The Morgan fingerprint density at radius 2 is 1.74 bits per heavy atom. The number of aryl methyl sites for hydroxylation is 3. The molecule has 6 heteroatoms. The highest BCUT2D eigenvalue weighted by molar-refractivity contribution is 7.99. The number of nitrogens with zero attached hydrogens (tertiary/aromatic N) is 2. The number of methoxy groups -OCH3 is 1. The minimum Gasteiger partial charge on any atom is -0.497 e. The Balaban J connectivity index is 1.56. The van der Waals surface area contributed by atoms with E-state index in [1.807, 2.05) is 24.3 Å². The molecule has 5 nitrogen and oxygen atoms in total. The van der Waals surface area contributed by atoms with E-state index in [0.29, 0.717) is 5.75 Å². The molecule has 0 atom stereocenters. The van der Waals surface area contributed by atoms with Gasteiger partial charge in [0.15, 0.2) is 0 Å². The Morgan fingerprint density at radius 1 is 1.06 bits per heavy atom. The number of hydrogen-bond donors (Lipinski definition) is 1. The van der Waals surface area contributed by atoms with Crippen LogP contribution in [0.25, 0.3) is 5.69 Å². The van der Waals surface area contributed by atoms with Crippen LogP contribution in [0.15, 0.2) is 53.6 Å². The van der Waals surface area contributed by atoms with E-state index in [4.69, 9.17) is 4.74 Å². The quantitative estimate of drug-likeness (QED) is 0.395. The van der Waals surface area contributed by atoms with E-state index in [0.717, 1.165) is 39.7 Å². The van der Waals surface area contributed by atoms with Crippen LogP contribution in [0, 0.1) is 27.7 Å². The second kappa shape index (κ2) is 10.4. The number of ether oxygens (including phenoxy) is 1. The lowest BCUT2D eigenvalue weighted by atomic mass is 10.1. The van der Waals surface area contributed by atoms with Gasteiger partial charge in [0.1, 0.15) is 5.75 Å². The van der Waals surface area contributed by atoms with E-state index >= 15 is 0 Å². The van der Waals surface area contributed by atoms with Crippen molar-refractivity contribution < 1.29 is 9.53 Å². The molecule has 1 heterocycles. The maximum Gasteiger partial charge on any atom is 0.250 e. The molecule has 3 aromatic rings. The Morgan fingerprint density at radius 3 is 2.39 bits per heavy atom. The molecule has 0 aliphatic carbocycles. The molecule has 31 heavy (non-hydrogen) atoms. The first-order valence-corrected chi connectivity index (χ1v) is 11.3. The summed E-state index contributed by atoms with van der Waals surface area (Å²) in [6.07, 6.45) is 1.72. The number of thioether (sulfide) groups is 1. The lowest BCUT2D eigenvalue weighted by molar-refractivity contribution is -0.118. The van der Waals surface area contributed by atoms with Crippen LogP contribution in [-0.4, -0.2) is 29.6 Å². The third-order valence-corrected chi connectivity index (χ3v) is 5.99. The molecule has 0 aliphatic rings. The average molecular weight is 436 g/mol. The van der Waals surface area contributed by atoms with Crippen molar-refractivity contribution in [3.8, 4) is 11.4 Å². The molecule has 3 rings (SSSR count). The first-order chi connectivity index (χ1) is 14.9. The van der Waals surface area contributed by atoms with Crippen molar-refractivity contribution in [2.45, 2.75) is 33.4 Å². The number of benzene rings is 2. The summed E-state index contributed by atoms with van der Waals surface area (Å²) in [5.41, 5.74) is 10.6. The highest BCUT2D eigenvalue weighted by Gasteiger charge is 2.10. The molecular weight excluding hydrogens is 406 g/mol. The van der Waals surface area contributed by atoms with Gasteiger partial charge in [0.25, 0.3) is 0 Å². The summed E-state index contributed by atoms with van der Waals surface area (Å²) >= 11 is 1.55. The molecule has 1 amide bonds. The van der Waals surface area contributed by atoms with Gasteiger partial charge in [-0.05, 0) is 74.7 Å². The molecule has 162 valence electrons. The zero-order chi connectivity index (χ0) is 22.4. The van der Waals surface area contributed by atoms with Crippen LogP contribution in [0.4, 0.5) is 0 Å². The number of carbonyl (C=O) groups is 1. The van der Waals surface area contributed by atoms with Gasteiger partial charge in [-0.15, -0.1) is 11.8 Å². The lowest BCUT2D eigenvalue weighted by Crippen LogP contribution is -2.19. The summed E-state index contributed by atoms with van der Waals surface area (Å²) in [7, 11) is 1.65. The minimum atomic E-state index is -0.113. The first kappa shape index (κ1) is 22.7. The Hall–Kier alpha value is -2.99. The first-order valence-electron chi connectivity index (χ1n) is 10.2. The van der Waals surface area contributed by atoms with E-state index in [9.17, 15) is 4.79 Å². The second-order valence-corrected chi connectivity index (χ2v) is 8.63. The summed E-state index contributed by atoms with van der Waals surface area (Å²) in [6, 6.07) is 16.5. The predicted octanol–water partition coefficient (Wildman–Crippen LogP) is 5.10. The number of hydrogen-bond acceptors (Lipinski definition) is 4. The molecule has 1 N–H and O–H groups in total. The fourth-order valence-corrected chi connectivity index (χ4v) is 4.36. The van der Waals surface area contributed by atoms with Crippen molar-refractivity contribution in [2.24, 2.45) is 5.10 Å². The number of nitrogens with one attached hydrogen (secondary N) is 1. The van der Waals surface area contributed by atoms with Crippen molar-refractivity contribution in [1.82, 2.24) is 9.99 Å². The summed E-state index contributed by atoms with van der Waals surface area (Å²) in [6.45, 7) is 8.36. The van der Waals surface area contributed by atoms with Gasteiger partial charge in [0.05, 0.1) is 19.1 Å². The molecule has 1 aromatic heterocycles. The van der Waals surface area contributed by atoms with E-state index in [1.165, 1.54) is 11.1 Å². The molecule has 0 radical (unpaired) electrons. The monoisotopic (exact) mass is 435 g/mol. The zero-order valence-electron chi connectivity index (χ0n) is 18.7. The molecule has 0 saturated carbocycles. The van der Waals surface area contributed by atoms with E-state index in [-0.39, 0.29) is 5.91 Å². The van der Waals surface area contributed by atoms with Crippen molar-refractivity contribution in [3.63, 3.8) is 0 Å². The number of rotatable bonds is 8.